The van der Waals surface area contributed by atoms with Crippen molar-refractivity contribution in [1.82, 2.24) is 0 Å². The number of hydrogen-bond acceptors (Lipinski definition) is 4. The van der Waals surface area contributed by atoms with Crippen LogP contribution in [0.1, 0.15) is 75.8 Å². The molecule has 6 nitrogen and oxygen atoms in total. The third-order valence-corrected chi connectivity index (χ3v) is 8.25. The third-order valence-electron chi connectivity index (χ3n) is 7.79. The second kappa shape index (κ2) is 10.6. The molecule has 2 fully saturated rings. The number of halogens is 3. The summed E-state index contributed by atoms with van der Waals surface area (Å²) in [6.07, 6.45) is 5.10. The van der Waals surface area contributed by atoms with Crippen LogP contribution in [0.2, 0.25) is 0 Å². The number of ether oxygens (including phenoxy) is 1. The standard InChI is InChI=1S/C26H35F3NO5P/c1-25(30,16-34-36(31,32)33)20-10-13-22-19(15-20)9-14-23(24(22)26(27,28)29)35-21-11-7-18(8-12-21)17-5-3-2-4-6-17/h9-10,13-15,17-18,21H,2-8,11-12,16,30H2,1H3,(H2,31,32,33)/t18?,21?,25-/m0/s1. The van der Waals surface area contributed by atoms with E-state index in [4.69, 9.17) is 20.3 Å². The van der Waals surface area contributed by atoms with Crippen LogP contribution in [-0.4, -0.2) is 22.5 Å². The summed E-state index contributed by atoms with van der Waals surface area (Å²) in [5.74, 6) is 1.24. The summed E-state index contributed by atoms with van der Waals surface area (Å²) < 4.78 is 64.2. The van der Waals surface area contributed by atoms with E-state index in [1.54, 1.807) is 6.07 Å². The second-order valence-electron chi connectivity index (χ2n) is 10.6. The molecule has 10 heteroatoms. The van der Waals surface area contributed by atoms with Gasteiger partial charge < -0.3 is 20.3 Å². The number of rotatable bonds is 7. The van der Waals surface area contributed by atoms with Gasteiger partial charge in [0.05, 0.1) is 18.2 Å². The summed E-state index contributed by atoms with van der Waals surface area (Å²) in [7, 11) is -4.74. The molecule has 2 aliphatic carbocycles. The average molecular weight is 530 g/mol. The van der Waals surface area contributed by atoms with E-state index in [9.17, 15) is 17.7 Å². The molecule has 2 aromatic rings. The molecule has 0 radical (unpaired) electrons. The van der Waals surface area contributed by atoms with E-state index in [0.29, 0.717) is 16.9 Å². The summed E-state index contributed by atoms with van der Waals surface area (Å²) in [5.41, 5.74) is 4.42. The average Bonchev–Trinajstić information content (AvgIpc) is 2.82. The molecule has 36 heavy (non-hydrogen) atoms. The minimum atomic E-state index is -4.74. The van der Waals surface area contributed by atoms with Crippen LogP contribution >= 0.6 is 7.82 Å². The van der Waals surface area contributed by atoms with Gasteiger partial charge in [0.1, 0.15) is 11.3 Å². The lowest BCUT2D eigenvalue weighted by molar-refractivity contribution is -0.138. The Morgan fingerprint density at radius 3 is 2.22 bits per heavy atom. The number of hydrogen-bond donors (Lipinski definition) is 3. The maximum atomic E-state index is 14.2. The van der Waals surface area contributed by atoms with Crippen molar-refractivity contribution in [2.24, 2.45) is 17.6 Å². The Hall–Kier alpha value is -1.64. The van der Waals surface area contributed by atoms with Gasteiger partial charge in [0, 0.05) is 0 Å². The van der Waals surface area contributed by atoms with E-state index in [1.165, 1.54) is 63.3 Å². The van der Waals surface area contributed by atoms with Gasteiger partial charge in [-0.1, -0.05) is 50.3 Å². The molecule has 2 saturated carbocycles. The highest BCUT2D eigenvalue weighted by molar-refractivity contribution is 7.46. The first-order valence-corrected chi connectivity index (χ1v) is 14.2. The monoisotopic (exact) mass is 529 g/mol. The van der Waals surface area contributed by atoms with Crippen LogP contribution in [0.5, 0.6) is 5.75 Å². The topological polar surface area (TPSA) is 102 Å². The zero-order valence-corrected chi connectivity index (χ0v) is 21.4. The lowest BCUT2D eigenvalue weighted by Gasteiger charge is -2.36. The van der Waals surface area contributed by atoms with E-state index in [2.05, 4.69) is 4.52 Å². The molecule has 0 heterocycles. The van der Waals surface area contributed by atoms with Gasteiger partial charge >= 0.3 is 14.0 Å². The van der Waals surface area contributed by atoms with Gasteiger partial charge in [0.2, 0.25) is 0 Å². The van der Waals surface area contributed by atoms with Crippen molar-refractivity contribution in [3.8, 4) is 5.75 Å². The van der Waals surface area contributed by atoms with Crippen LogP contribution < -0.4 is 10.5 Å². The largest absolute Gasteiger partial charge is 0.490 e. The third kappa shape index (κ3) is 6.62. The van der Waals surface area contributed by atoms with Crippen LogP contribution in [0, 0.1) is 11.8 Å². The maximum Gasteiger partial charge on any atom is 0.469 e. The lowest BCUT2D eigenvalue weighted by atomic mass is 9.73. The fourth-order valence-electron chi connectivity index (χ4n) is 5.82. The molecule has 0 saturated heterocycles. The molecule has 2 aromatic carbocycles. The Morgan fingerprint density at radius 1 is 0.972 bits per heavy atom. The Bertz CT molecular complexity index is 1100. The first-order valence-electron chi connectivity index (χ1n) is 12.6. The highest BCUT2D eigenvalue weighted by Gasteiger charge is 2.38. The zero-order valence-electron chi connectivity index (χ0n) is 20.5. The molecule has 0 spiro atoms. The molecule has 0 amide bonds. The van der Waals surface area contributed by atoms with Crippen LogP contribution in [0.25, 0.3) is 10.8 Å². The van der Waals surface area contributed by atoms with Crippen molar-refractivity contribution >= 4 is 18.6 Å². The summed E-state index contributed by atoms with van der Waals surface area (Å²) in [6.45, 7) is 0.995. The SMILES string of the molecule is C[C@](N)(COP(=O)(O)O)c1ccc2c(C(F)(F)F)c(OC3CCC(C4CCCCC4)CC3)ccc2c1. The van der Waals surface area contributed by atoms with Crippen LogP contribution in [0.15, 0.2) is 30.3 Å². The molecule has 0 bridgehead atoms. The summed E-state index contributed by atoms with van der Waals surface area (Å²) >= 11 is 0. The molecule has 0 unspecified atom stereocenters. The zero-order chi connectivity index (χ0) is 26.1. The number of benzene rings is 2. The smallest absolute Gasteiger partial charge is 0.469 e. The number of phosphoric ester groups is 1. The Kier molecular flexibility index (Phi) is 8.08. The fourth-order valence-corrected chi connectivity index (χ4v) is 6.26. The van der Waals surface area contributed by atoms with Crippen LogP contribution in [0.4, 0.5) is 13.2 Å². The first kappa shape index (κ1) is 27.4. The van der Waals surface area contributed by atoms with E-state index in [1.807, 2.05) is 0 Å². The summed E-state index contributed by atoms with van der Waals surface area (Å²) in [6, 6.07) is 7.19. The van der Waals surface area contributed by atoms with Gasteiger partial charge in [-0.2, -0.15) is 13.2 Å². The van der Waals surface area contributed by atoms with Gasteiger partial charge in [0.15, 0.2) is 0 Å². The van der Waals surface area contributed by atoms with Gasteiger partial charge in [-0.05, 0) is 72.9 Å². The molecule has 2 aliphatic rings. The van der Waals surface area contributed by atoms with Gasteiger partial charge in [-0.25, -0.2) is 4.57 Å². The van der Waals surface area contributed by atoms with Crippen LogP contribution in [-0.2, 0) is 20.8 Å². The van der Waals surface area contributed by atoms with Crippen LogP contribution in [0.3, 0.4) is 0 Å². The minimum Gasteiger partial charge on any atom is -0.490 e. The summed E-state index contributed by atoms with van der Waals surface area (Å²) in [5, 5.41) is 0.299. The molecular weight excluding hydrogens is 494 g/mol. The number of phosphoric acid groups is 1. The van der Waals surface area contributed by atoms with E-state index in [-0.39, 0.29) is 17.2 Å². The van der Waals surface area contributed by atoms with Gasteiger partial charge in [0.25, 0.3) is 0 Å². The number of fused-ring (bicyclic) bond motifs is 1. The molecule has 0 aromatic heterocycles. The number of nitrogens with two attached hydrogens (primary N) is 1. The summed E-state index contributed by atoms with van der Waals surface area (Å²) in [4.78, 5) is 17.9. The maximum absolute atomic E-state index is 14.2. The Labute approximate surface area is 209 Å². The molecule has 0 aliphatic heterocycles. The molecule has 1 atom stereocenters. The van der Waals surface area contributed by atoms with Crippen molar-refractivity contribution in [3.63, 3.8) is 0 Å². The van der Waals surface area contributed by atoms with Crippen molar-refractivity contribution in [2.75, 3.05) is 6.61 Å². The quantitative estimate of drug-likeness (QED) is 0.347. The van der Waals surface area contributed by atoms with Gasteiger partial charge in [-0.15, -0.1) is 0 Å². The number of alkyl halides is 3. The molecule has 4 rings (SSSR count). The van der Waals surface area contributed by atoms with Crippen molar-refractivity contribution in [3.05, 3.63) is 41.5 Å². The second-order valence-corrected chi connectivity index (χ2v) is 11.8. The van der Waals surface area contributed by atoms with Crippen molar-refractivity contribution in [1.29, 1.82) is 0 Å². The fraction of sp³-hybridized carbons (Fsp3) is 0.615. The lowest BCUT2D eigenvalue weighted by Crippen LogP contribution is -2.37. The Morgan fingerprint density at radius 2 is 1.61 bits per heavy atom. The van der Waals surface area contributed by atoms with E-state index >= 15 is 0 Å². The van der Waals surface area contributed by atoms with E-state index in [0.717, 1.165) is 31.6 Å². The molecule has 200 valence electrons. The van der Waals surface area contributed by atoms with E-state index < -0.39 is 31.7 Å². The van der Waals surface area contributed by atoms with Gasteiger partial charge in [-0.3, -0.25) is 4.52 Å². The van der Waals surface area contributed by atoms with Crippen molar-refractivity contribution in [2.45, 2.75) is 82.5 Å². The molecule has 4 N–H and O–H groups in total. The van der Waals surface area contributed by atoms with Crippen molar-refractivity contribution < 1.29 is 36.8 Å². The highest BCUT2D eigenvalue weighted by atomic mass is 31.2. The normalized spacial score (nSPS) is 24.0. The molecular formula is C26H35F3NO5P. The predicted molar refractivity (Wildman–Crippen MR) is 131 cm³/mol. The predicted octanol–water partition coefficient (Wildman–Crippen LogP) is 6.66. The Balaban J connectivity index is 1.54. The first-order chi connectivity index (χ1) is 16.8. The minimum absolute atomic E-state index is 0.00801. The highest BCUT2D eigenvalue weighted by Crippen LogP contribution is 2.45.